The zero-order valence-corrected chi connectivity index (χ0v) is 7.99. The van der Waals surface area contributed by atoms with Gasteiger partial charge in [-0.15, -0.1) is 0 Å². The van der Waals surface area contributed by atoms with Gasteiger partial charge < -0.3 is 48.0 Å². The monoisotopic (exact) mass is 366 g/mol. The molecule has 4 heteroatoms. The summed E-state index contributed by atoms with van der Waals surface area (Å²) in [5.74, 6) is 0. The van der Waals surface area contributed by atoms with Crippen LogP contribution >= 0.6 is 0 Å². The van der Waals surface area contributed by atoms with Crippen LogP contribution in [0.25, 0.3) is 0 Å². The molecule has 0 saturated carbocycles. The first-order chi connectivity index (χ1) is 0. The smallest absolute Gasteiger partial charge is 1.00 e. The molecule has 0 unspecified atom stereocenters. The molecule has 4 heavy (non-hydrogen) atoms. The first-order valence-electron chi connectivity index (χ1n) is 0. The van der Waals surface area contributed by atoms with E-state index in [1.807, 2.05) is 0 Å². The molecule has 0 saturated heterocycles. The van der Waals surface area contributed by atoms with E-state index in [1.54, 1.807) is 0 Å². The minimum atomic E-state index is 0. The van der Waals surface area contributed by atoms with Crippen LogP contribution in [0.4, 0.5) is 0 Å². The second kappa shape index (κ2) is 17.8. The summed E-state index contributed by atoms with van der Waals surface area (Å²) in [6.45, 7) is 0. The number of hydrogen-bond donors (Lipinski definition) is 0. The van der Waals surface area contributed by atoms with E-state index in [4.69, 9.17) is 0 Å². The molecule has 28 valence electrons. The zero-order valence-electron chi connectivity index (χ0n) is 1.46. The predicted octanol–water partition coefficient (Wildman–Crippen LogP) is -6.00. The van der Waals surface area contributed by atoms with Gasteiger partial charge in [0.25, 0.3) is 0 Å². The van der Waals surface area contributed by atoms with Crippen molar-refractivity contribution in [2.45, 2.75) is 0 Å². The Balaban J connectivity index is 0. The fraction of sp³-hybridized carbons (Fsp3) is 0. The van der Waals surface area contributed by atoms with Gasteiger partial charge in [0.15, 0.2) is 0 Å². The summed E-state index contributed by atoms with van der Waals surface area (Å²) in [6.07, 6.45) is 0. The molecular weight excluding hydrogens is 365 g/mol. The average molecular weight is 365 g/mol. The van der Waals surface area contributed by atoms with Gasteiger partial charge in [-0.25, -0.2) is 0 Å². The Kier molecular flexibility index (Phi) is 140. The Labute approximate surface area is 80.8 Å². The van der Waals surface area contributed by atoms with E-state index >= 15 is 0 Å². The van der Waals surface area contributed by atoms with Crippen LogP contribution in [0.15, 0.2) is 0 Å². The van der Waals surface area contributed by atoms with Gasteiger partial charge in [0.2, 0.25) is 0 Å². The van der Waals surface area contributed by atoms with E-state index in [9.17, 15) is 0 Å². The molecule has 0 amide bonds. The van der Waals surface area contributed by atoms with Crippen LogP contribution in [0.2, 0.25) is 0 Å². The third-order valence-electron chi connectivity index (χ3n) is 0. The minimum absolute atomic E-state index is 0. The SMILES string of the molecule is [Fe+2].[Fe+2].[I-].[I-]. The van der Waals surface area contributed by atoms with Gasteiger partial charge in [-0.2, -0.15) is 0 Å². The van der Waals surface area contributed by atoms with Gasteiger partial charge in [0, 0.05) is 0 Å². The van der Waals surface area contributed by atoms with Gasteiger partial charge in [-0.3, -0.25) is 0 Å². The van der Waals surface area contributed by atoms with Crippen molar-refractivity contribution < 1.29 is 82.1 Å². The van der Waals surface area contributed by atoms with E-state index in [0.717, 1.165) is 0 Å². The average Bonchev–Trinajstić information content (AvgIpc) is 0. The number of rotatable bonds is 0. The standard InChI is InChI=1S/2Fe.2HI/h;;2*1H/q2*+2;;/p-2. The van der Waals surface area contributed by atoms with Crippen molar-refractivity contribution in [2.75, 3.05) is 0 Å². The summed E-state index contributed by atoms with van der Waals surface area (Å²) in [6, 6.07) is 0. The summed E-state index contributed by atoms with van der Waals surface area (Å²) >= 11 is 0. The molecule has 0 radical (unpaired) electrons. The topological polar surface area (TPSA) is 0 Å². The molecule has 0 aromatic carbocycles. The normalized spacial score (nSPS) is 0. The van der Waals surface area contributed by atoms with Crippen LogP contribution in [0.3, 0.4) is 0 Å². The van der Waals surface area contributed by atoms with E-state index < -0.39 is 0 Å². The molecule has 0 aromatic heterocycles. The second-order valence-electron chi connectivity index (χ2n) is 0. The quantitative estimate of drug-likeness (QED) is 0.296. The maximum atomic E-state index is 0. The molecule has 0 bridgehead atoms. The van der Waals surface area contributed by atoms with Crippen molar-refractivity contribution in [3.63, 3.8) is 0 Å². The van der Waals surface area contributed by atoms with Gasteiger partial charge in [0.05, 0.1) is 0 Å². The third kappa shape index (κ3) is 8.82. The molecule has 0 rings (SSSR count). The van der Waals surface area contributed by atoms with Gasteiger partial charge in [0.1, 0.15) is 0 Å². The number of hydrogen-bond acceptors (Lipinski definition) is 0. The molecule has 0 atom stereocenters. The van der Waals surface area contributed by atoms with Crippen LogP contribution in [0.1, 0.15) is 0 Å². The van der Waals surface area contributed by atoms with Crippen molar-refractivity contribution >= 4 is 0 Å². The van der Waals surface area contributed by atoms with Crippen LogP contribution in [0.5, 0.6) is 0 Å². The second-order valence-corrected chi connectivity index (χ2v) is 0. The Morgan fingerprint density at radius 1 is 0.500 bits per heavy atom. The molecule has 0 aliphatic carbocycles. The Bertz CT molecular complexity index is 4.00. The van der Waals surface area contributed by atoms with Gasteiger partial charge >= 0.3 is 34.1 Å². The van der Waals surface area contributed by atoms with Crippen LogP contribution in [-0.2, 0) is 34.1 Å². The predicted molar refractivity (Wildman–Crippen MR) is 0 cm³/mol. The number of halogens is 2. The molecule has 0 aliphatic heterocycles. The maximum absolute atomic E-state index is 0. The molecular formula is Fe2I2+2. The molecule has 0 heterocycles. The summed E-state index contributed by atoms with van der Waals surface area (Å²) in [7, 11) is 0. The summed E-state index contributed by atoms with van der Waals surface area (Å²) in [5.41, 5.74) is 0. The van der Waals surface area contributed by atoms with Gasteiger partial charge in [-0.05, 0) is 0 Å². The van der Waals surface area contributed by atoms with Crippen LogP contribution in [0, 0.1) is 0 Å². The van der Waals surface area contributed by atoms with Crippen molar-refractivity contribution in [3.8, 4) is 0 Å². The fourth-order valence-corrected chi connectivity index (χ4v) is 0. The molecule has 0 aromatic rings. The Hall–Kier alpha value is 2.50. The first-order valence-corrected chi connectivity index (χ1v) is 0. The van der Waals surface area contributed by atoms with Crippen LogP contribution < -0.4 is 48.0 Å². The molecule has 0 N–H and O–H groups in total. The van der Waals surface area contributed by atoms with E-state index in [1.165, 1.54) is 0 Å². The molecule has 0 fully saturated rings. The molecule has 0 spiro atoms. The fourth-order valence-electron chi connectivity index (χ4n) is 0. The summed E-state index contributed by atoms with van der Waals surface area (Å²) in [4.78, 5) is 0. The zero-order chi connectivity index (χ0) is 0. The molecule has 0 aliphatic rings. The largest absolute Gasteiger partial charge is 2.00 e. The third-order valence-corrected chi connectivity index (χ3v) is 0. The minimum Gasteiger partial charge on any atom is -1.00 e. The summed E-state index contributed by atoms with van der Waals surface area (Å²) < 4.78 is 0. The Morgan fingerprint density at radius 2 is 0.500 bits per heavy atom. The van der Waals surface area contributed by atoms with E-state index in [-0.39, 0.29) is 82.1 Å². The van der Waals surface area contributed by atoms with Crippen molar-refractivity contribution in [2.24, 2.45) is 0 Å². The summed E-state index contributed by atoms with van der Waals surface area (Å²) in [5, 5.41) is 0. The van der Waals surface area contributed by atoms with Crippen LogP contribution in [-0.4, -0.2) is 0 Å². The first kappa shape index (κ1) is 31.5. The van der Waals surface area contributed by atoms with Crippen molar-refractivity contribution in [1.82, 2.24) is 0 Å². The van der Waals surface area contributed by atoms with Gasteiger partial charge in [-0.1, -0.05) is 0 Å². The molecule has 0 nitrogen and oxygen atoms in total. The van der Waals surface area contributed by atoms with E-state index in [2.05, 4.69) is 0 Å². The van der Waals surface area contributed by atoms with E-state index in [0.29, 0.717) is 0 Å². The maximum Gasteiger partial charge on any atom is 2.00 e. The van der Waals surface area contributed by atoms with Crippen molar-refractivity contribution in [1.29, 1.82) is 0 Å². The Morgan fingerprint density at radius 3 is 0.500 bits per heavy atom. The van der Waals surface area contributed by atoms with Crippen molar-refractivity contribution in [3.05, 3.63) is 0 Å².